The maximum absolute atomic E-state index is 12.0. The van der Waals surface area contributed by atoms with E-state index in [1.54, 1.807) is 0 Å². The molecule has 0 aliphatic rings. The van der Waals surface area contributed by atoms with Gasteiger partial charge in [-0.25, -0.2) is 4.79 Å². The number of carboxylic acids is 1. The lowest BCUT2D eigenvalue weighted by molar-refractivity contribution is -0.128. The van der Waals surface area contributed by atoms with Gasteiger partial charge >= 0.3 is 5.97 Å². The van der Waals surface area contributed by atoms with E-state index < -0.39 is 17.9 Å². The summed E-state index contributed by atoms with van der Waals surface area (Å²) in [5.74, 6) is -1.21. The Morgan fingerprint density at radius 1 is 1.04 bits per heavy atom. The normalized spacial score (nSPS) is 11.4. The number of carbonyl (C=O) groups excluding carboxylic acids is 2. The van der Waals surface area contributed by atoms with Crippen LogP contribution in [0, 0.1) is 0 Å². The lowest BCUT2D eigenvalue weighted by Gasteiger charge is -2.16. The van der Waals surface area contributed by atoms with E-state index in [-0.39, 0.29) is 18.0 Å². The van der Waals surface area contributed by atoms with Crippen molar-refractivity contribution in [3.8, 4) is 5.75 Å². The monoisotopic (exact) mass is 341 g/mol. The van der Waals surface area contributed by atoms with E-state index in [1.807, 2.05) is 30.3 Å². The van der Waals surface area contributed by atoms with E-state index in [0.717, 1.165) is 5.56 Å². The molecule has 6 nitrogen and oxygen atoms in total. The maximum atomic E-state index is 12.0. The molecule has 130 valence electrons. The molecule has 0 saturated heterocycles. The van der Waals surface area contributed by atoms with E-state index in [2.05, 4.69) is 5.32 Å². The first-order chi connectivity index (χ1) is 12.0. The van der Waals surface area contributed by atoms with Gasteiger partial charge < -0.3 is 15.2 Å². The second kappa shape index (κ2) is 8.63. The first kappa shape index (κ1) is 18.2. The summed E-state index contributed by atoms with van der Waals surface area (Å²) in [6.45, 7) is 1.17. The molecular formula is C19H19NO5. The number of amides is 1. The van der Waals surface area contributed by atoms with Gasteiger partial charge in [0, 0.05) is 0 Å². The first-order valence-electron chi connectivity index (χ1n) is 7.75. The van der Waals surface area contributed by atoms with E-state index in [1.165, 1.54) is 31.2 Å². The molecule has 0 aliphatic heterocycles. The molecule has 2 rings (SSSR count). The van der Waals surface area contributed by atoms with Gasteiger partial charge in [0.15, 0.2) is 12.4 Å². The summed E-state index contributed by atoms with van der Waals surface area (Å²) in [6, 6.07) is 14.5. The van der Waals surface area contributed by atoms with Gasteiger partial charge in [-0.1, -0.05) is 30.3 Å². The van der Waals surface area contributed by atoms with Crippen LogP contribution >= 0.6 is 0 Å². The minimum absolute atomic E-state index is 0.135. The largest absolute Gasteiger partial charge is 0.484 e. The highest BCUT2D eigenvalue weighted by Gasteiger charge is 2.17. The van der Waals surface area contributed by atoms with Crippen LogP contribution in [0.3, 0.4) is 0 Å². The summed E-state index contributed by atoms with van der Waals surface area (Å²) >= 11 is 0. The van der Waals surface area contributed by atoms with Crippen LogP contribution in [0.1, 0.15) is 22.8 Å². The molecule has 0 aromatic heterocycles. The van der Waals surface area contributed by atoms with Crippen LogP contribution in [-0.4, -0.2) is 35.4 Å². The fourth-order valence-electron chi connectivity index (χ4n) is 2.22. The highest BCUT2D eigenvalue weighted by molar-refractivity contribution is 5.88. The molecule has 0 radical (unpaired) electrons. The molecule has 0 heterocycles. The molecule has 0 bridgehead atoms. The number of ketones is 1. The van der Waals surface area contributed by atoms with Crippen LogP contribution < -0.4 is 10.1 Å². The lowest BCUT2D eigenvalue weighted by atomic mass is 10.0. The van der Waals surface area contributed by atoms with Gasteiger partial charge in [-0.05, 0) is 43.2 Å². The highest BCUT2D eigenvalue weighted by Crippen LogP contribution is 2.12. The van der Waals surface area contributed by atoms with Crippen molar-refractivity contribution >= 4 is 17.7 Å². The Morgan fingerprint density at radius 3 is 2.24 bits per heavy atom. The summed E-state index contributed by atoms with van der Waals surface area (Å²) < 4.78 is 5.32. The number of rotatable bonds is 8. The third-order valence-corrected chi connectivity index (χ3v) is 3.58. The third-order valence-electron chi connectivity index (χ3n) is 3.58. The van der Waals surface area contributed by atoms with Crippen LogP contribution in [0.2, 0.25) is 0 Å². The Kier molecular flexibility index (Phi) is 6.28. The van der Waals surface area contributed by atoms with Gasteiger partial charge in [-0.3, -0.25) is 9.59 Å². The van der Waals surface area contributed by atoms with Crippen molar-refractivity contribution in [2.75, 3.05) is 6.61 Å². The molecule has 2 aromatic carbocycles. The predicted octanol–water partition coefficient (Wildman–Crippen LogP) is 2.08. The quantitative estimate of drug-likeness (QED) is 0.767. The van der Waals surface area contributed by atoms with Crippen molar-refractivity contribution in [2.45, 2.75) is 19.4 Å². The zero-order valence-electron chi connectivity index (χ0n) is 13.8. The van der Waals surface area contributed by atoms with Crippen LogP contribution in [-0.2, 0) is 16.0 Å². The van der Waals surface area contributed by atoms with Crippen molar-refractivity contribution in [1.29, 1.82) is 0 Å². The molecule has 2 aromatic rings. The molecule has 1 amide bonds. The minimum atomic E-state index is -1.03. The molecule has 2 N–H and O–H groups in total. The van der Waals surface area contributed by atoms with Crippen LogP contribution in [0.5, 0.6) is 5.75 Å². The lowest BCUT2D eigenvalue weighted by Crippen LogP contribution is -2.43. The standard InChI is InChI=1S/C19H19NO5/c1-13(21)17(11-14-5-3-2-4-6-14)20-18(22)12-25-16-9-7-15(8-10-16)19(23)24/h2-10,17H,11-12H2,1H3,(H,20,22)(H,23,24)/t17-/m1/s1. The van der Waals surface area contributed by atoms with Gasteiger partial charge in [0.2, 0.25) is 0 Å². The Bertz CT molecular complexity index is 740. The number of aromatic carboxylic acids is 1. The summed E-state index contributed by atoms with van der Waals surface area (Å²) in [5.41, 5.74) is 1.09. The SMILES string of the molecule is CC(=O)[C@@H](Cc1ccccc1)NC(=O)COc1ccc(C(=O)O)cc1. The smallest absolute Gasteiger partial charge is 0.335 e. The molecule has 0 saturated carbocycles. The number of Topliss-reactive ketones (excluding diaryl/α,β-unsaturated/α-hetero) is 1. The molecule has 6 heteroatoms. The maximum Gasteiger partial charge on any atom is 0.335 e. The van der Waals surface area contributed by atoms with Crippen molar-refractivity contribution in [1.82, 2.24) is 5.32 Å². The number of ether oxygens (including phenoxy) is 1. The van der Waals surface area contributed by atoms with Gasteiger partial charge in [-0.15, -0.1) is 0 Å². The Balaban J connectivity index is 1.88. The number of hydrogen-bond donors (Lipinski definition) is 2. The molecule has 0 unspecified atom stereocenters. The average molecular weight is 341 g/mol. The zero-order chi connectivity index (χ0) is 18.2. The molecule has 1 atom stereocenters. The molecule has 0 spiro atoms. The van der Waals surface area contributed by atoms with Crippen LogP contribution in [0.4, 0.5) is 0 Å². The average Bonchev–Trinajstić information content (AvgIpc) is 2.60. The highest BCUT2D eigenvalue weighted by atomic mass is 16.5. The number of carbonyl (C=O) groups is 3. The third kappa shape index (κ3) is 5.76. The molecule has 0 fully saturated rings. The molecule has 25 heavy (non-hydrogen) atoms. The summed E-state index contributed by atoms with van der Waals surface area (Å²) in [5, 5.41) is 11.5. The minimum Gasteiger partial charge on any atom is -0.484 e. The Morgan fingerprint density at radius 2 is 1.68 bits per heavy atom. The fourth-order valence-corrected chi connectivity index (χ4v) is 2.22. The van der Waals surface area contributed by atoms with E-state index in [0.29, 0.717) is 12.2 Å². The van der Waals surface area contributed by atoms with Gasteiger partial charge in [0.05, 0.1) is 11.6 Å². The number of benzene rings is 2. The van der Waals surface area contributed by atoms with Gasteiger partial charge in [0.25, 0.3) is 5.91 Å². The second-order valence-electron chi connectivity index (χ2n) is 5.54. The Labute approximate surface area is 145 Å². The first-order valence-corrected chi connectivity index (χ1v) is 7.75. The topological polar surface area (TPSA) is 92.7 Å². The summed E-state index contributed by atoms with van der Waals surface area (Å²) in [6.07, 6.45) is 0.412. The van der Waals surface area contributed by atoms with Crippen molar-refractivity contribution in [3.05, 3.63) is 65.7 Å². The summed E-state index contributed by atoms with van der Waals surface area (Å²) in [7, 11) is 0. The van der Waals surface area contributed by atoms with Crippen molar-refractivity contribution in [3.63, 3.8) is 0 Å². The van der Waals surface area contributed by atoms with Crippen LogP contribution in [0.25, 0.3) is 0 Å². The summed E-state index contributed by atoms with van der Waals surface area (Å²) in [4.78, 5) is 34.5. The van der Waals surface area contributed by atoms with Gasteiger partial charge in [-0.2, -0.15) is 0 Å². The fraction of sp³-hybridized carbons (Fsp3) is 0.211. The second-order valence-corrected chi connectivity index (χ2v) is 5.54. The number of nitrogens with one attached hydrogen (secondary N) is 1. The van der Waals surface area contributed by atoms with Gasteiger partial charge in [0.1, 0.15) is 5.75 Å². The van der Waals surface area contributed by atoms with Crippen LogP contribution in [0.15, 0.2) is 54.6 Å². The van der Waals surface area contributed by atoms with Crippen molar-refractivity contribution in [2.24, 2.45) is 0 Å². The van der Waals surface area contributed by atoms with E-state index in [4.69, 9.17) is 9.84 Å². The molecule has 0 aliphatic carbocycles. The van der Waals surface area contributed by atoms with Crippen molar-refractivity contribution < 1.29 is 24.2 Å². The predicted molar refractivity (Wildman–Crippen MR) is 91.7 cm³/mol. The molecular weight excluding hydrogens is 322 g/mol. The number of carboxylic acid groups (broad SMARTS) is 1. The zero-order valence-corrected chi connectivity index (χ0v) is 13.8. The Hall–Kier alpha value is -3.15. The number of hydrogen-bond acceptors (Lipinski definition) is 4. The van der Waals surface area contributed by atoms with E-state index >= 15 is 0 Å². The van der Waals surface area contributed by atoms with E-state index in [9.17, 15) is 14.4 Å².